The van der Waals surface area contributed by atoms with Crippen LogP contribution in [0.15, 0.2) is 59.1 Å². The van der Waals surface area contributed by atoms with Gasteiger partial charge >= 0.3 is 0 Å². The molecule has 0 saturated carbocycles. The number of aryl methyl sites for hydroxylation is 1. The van der Waals surface area contributed by atoms with Crippen molar-refractivity contribution >= 4 is 11.8 Å². The number of carbonyl (C=O) groups excluding carboxylic acids is 2. The minimum atomic E-state index is 0.0634. The van der Waals surface area contributed by atoms with E-state index in [2.05, 4.69) is 43.0 Å². The normalized spacial score (nSPS) is 14.3. The fourth-order valence-corrected chi connectivity index (χ4v) is 4.74. The molecule has 0 aliphatic carbocycles. The molecular weight excluding hydrogens is 452 g/mol. The Hall–Kier alpha value is -3.48. The molecule has 36 heavy (non-hydrogen) atoms. The largest absolute Gasteiger partial charge is 0.340 e. The second-order valence-corrected chi connectivity index (χ2v) is 9.76. The predicted molar refractivity (Wildman–Crippen MR) is 140 cm³/mol. The number of aromatic nitrogens is 2. The van der Waals surface area contributed by atoms with E-state index in [0.29, 0.717) is 55.7 Å². The number of hydrogen-bond donors (Lipinski definition) is 0. The SMILES string of the molecule is CCCN(C(=O)CCc1nc(-c2ccc(C(C)C)cc2)no1)C1CCN(C(=O)c2ccccc2)CC1. The summed E-state index contributed by atoms with van der Waals surface area (Å²) in [4.78, 5) is 34.3. The fourth-order valence-electron chi connectivity index (χ4n) is 4.74. The maximum Gasteiger partial charge on any atom is 0.253 e. The van der Waals surface area contributed by atoms with Crippen molar-refractivity contribution in [1.82, 2.24) is 19.9 Å². The topological polar surface area (TPSA) is 79.5 Å². The molecule has 0 N–H and O–H groups in total. The zero-order valence-corrected chi connectivity index (χ0v) is 21.5. The maximum absolute atomic E-state index is 13.2. The van der Waals surface area contributed by atoms with Gasteiger partial charge in [-0.15, -0.1) is 0 Å². The monoisotopic (exact) mass is 488 g/mol. The number of carbonyl (C=O) groups is 2. The number of nitrogens with zero attached hydrogens (tertiary/aromatic N) is 4. The van der Waals surface area contributed by atoms with E-state index in [0.717, 1.165) is 24.8 Å². The number of rotatable bonds is 9. The first kappa shape index (κ1) is 25.6. The van der Waals surface area contributed by atoms with E-state index < -0.39 is 0 Å². The zero-order chi connectivity index (χ0) is 25.5. The lowest BCUT2D eigenvalue weighted by molar-refractivity contribution is -0.134. The van der Waals surface area contributed by atoms with E-state index in [-0.39, 0.29) is 17.9 Å². The molecule has 2 aromatic carbocycles. The molecule has 1 saturated heterocycles. The van der Waals surface area contributed by atoms with Crippen LogP contribution in [0.5, 0.6) is 0 Å². The lowest BCUT2D eigenvalue weighted by Gasteiger charge is -2.38. The van der Waals surface area contributed by atoms with E-state index in [1.165, 1.54) is 5.56 Å². The quantitative estimate of drug-likeness (QED) is 0.406. The Morgan fingerprint density at radius 3 is 2.39 bits per heavy atom. The van der Waals surface area contributed by atoms with Gasteiger partial charge in [-0.3, -0.25) is 9.59 Å². The first-order chi connectivity index (χ1) is 17.5. The van der Waals surface area contributed by atoms with Gasteiger partial charge in [0.2, 0.25) is 17.6 Å². The Morgan fingerprint density at radius 1 is 1.06 bits per heavy atom. The van der Waals surface area contributed by atoms with Crippen molar-refractivity contribution < 1.29 is 14.1 Å². The van der Waals surface area contributed by atoms with Gasteiger partial charge in [-0.2, -0.15) is 4.98 Å². The minimum absolute atomic E-state index is 0.0634. The van der Waals surface area contributed by atoms with Crippen molar-refractivity contribution in [1.29, 1.82) is 0 Å². The summed E-state index contributed by atoms with van der Waals surface area (Å²) in [5.41, 5.74) is 2.89. The Balaban J connectivity index is 1.31. The summed E-state index contributed by atoms with van der Waals surface area (Å²) in [7, 11) is 0. The standard InChI is InChI=1S/C29H36N4O3/c1-4-18-33(25-16-19-32(20-17-25)29(35)24-8-6-5-7-9-24)27(34)15-14-26-30-28(31-36-26)23-12-10-22(11-13-23)21(2)3/h5-13,21,25H,4,14-20H2,1-3H3. The molecule has 2 heterocycles. The second kappa shape index (κ2) is 12.0. The van der Waals surface area contributed by atoms with Gasteiger partial charge in [-0.05, 0) is 42.9 Å². The van der Waals surface area contributed by atoms with Gasteiger partial charge < -0.3 is 14.3 Å². The van der Waals surface area contributed by atoms with Crippen molar-refractivity contribution in [3.8, 4) is 11.4 Å². The Bertz CT molecular complexity index is 1130. The van der Waals surface area contributed by atoms with Crippen molar-refractivity contribution in [2.45, 2.75) is 64.8 Å². The second-order valence-electron chi connectivity index (χ2n) is 9.76. The average Bonchev–Trinajstić information content (AvgIpc) is 3.40. The molecule has 1 aromatic heterocycles. The van der Waals surface area contributed by atoms with Crippen LogP contribution in [-0.2, 0) is 11.2 Å². The van der Waals surface area contributed by atoms with E-state index in [1.807, 2.05) is 52.3 Å². The number of benzene rings is 2. The summed E-state index contributed by atoms with van der Waals surface area (Å²) in [5, 5.41) is 4.11. The molecule has 4 rings (SSSR count). The Morgan fingerprint density at radius 2 is 1.75 bits per heavy atom. The van der Waals surface area contributed by atoms with Crippen LogP contribution in [0.1, 0.15) is 74.2 Å². The van der Waals surface area contributed by atoms with E-state index in [1.54, 1.807) is 0 Å². The molecule has 7 heteroatoms. The van der Waals surface area contributed by atoms with Gasteiger partial charge in [0.25, 0.3) is 5.91 Å². The number of piperidine rings is 1. The Kier molecular flexibility index (Phi) is 8.52. The fraction of sp³-hybridized carbons (Fsp3) is 0.448. The number of amides is 2. The third kappa shape index (κ3) is 6.20. The molecule has 190 valence electrons. The van der Waals surface area contributed by atoms with Gasteiger partial charge in [0.05, 0.1) is 0 Å². The molecule has 0 atom stereocenters. The van der Waals surface area contributed by atoms with Crippen LogP contribution in [0.25, 0.3) is 11.4 Å². The number of hydrogen-bond acceptors (Lipinski definition) is 5. The highest BCUT2D eigenvalue weighted by Gasteiger charge is 2.29. The van der Waals surface area contributed by atoms with Crippen LogP contribution in [0.4, 0.5) is 0 Å². The minimum Gasteiger partial charge on any atom is -0.340 e. The first-order valence-electron chi connectivity index (χ1n) is 13.0. The summed E-state index contributed by atoms with van der Waals surface area (Å²) in [6, 6.07) is 17.7. The summed E-state index contributed by atoms with van der Waals surface area (Å²) < 4.78 is 5.44. The van der Waals surface area contributed by atoms with Crippen LogP contribution >= 0.6 is 0 Å². The lowest BCUT2D eigenvalue weighted by atomic mass is 10.0. The highest BCUT2D eigenvalue weighted by molar-refractivity contribution is 5.94. The summed E-state index contributed by atoms with van der Waals surface area (Å²) in [5.74, 6) is 1.66. The molecule has 2 amide bonds. The summed E-state index contributed by atoms with van der Waals surface area (Å²) in [6.07, 6.45) is 3.23. The smallest absolute Gasteiger partial charge is 0.253 e. The van der Waals surface area contributed by atoms with E-state index in [9.17, 15) is 9.59 Å². The lowest BCUT2D eigenvalue weighted by Crippen LogP contribution is -2.49. The van der Waals surface area contributed by atoms with Gasteiger partial charge in [-0.25, -0.2) is 0 Å². The van der Waals surface area contributed by atoms with Crippen molar-refractivity contribution in [2.24, 2.45) is 0 Å². The molecule has 1 aliphatic heterocycles. The van der Waals surface area contributed by atoms with Crippen LogP contribution < -0.4 is 0 Å². The highest BCUT2D eigenvalue weighted by atomic mass is 16.5. The summed E-state index contributed by atoms with van der Waals surface area (Å²) in [6.45, 7) is 8.45. The number of likely N-dealkylation sites (tertiary alicyclic amines) is 1. The summed E-state index contributed by atoms with van der Waals surface area (Å²) >= 11 is 0. The van der Waals surface area contributed by atoms with Crippen molar-refractivity contribution in [3.63, 3.8) is 0 Å². The molecule has 0 radical (unpaired) electrons. The third-order valence-electron chi connectivity index (χ3n) is 6.85. The molecule has 1 fully saturated rings. The predicted octanol–water partition coefficient (Wildman–Crippen LogP) is 5.34. The molecule has 0 unspecified atom stereocenters. The highest BCUT2D eigenvalue weighted by Crippen LogP contribution is 2.22. The Labute approximate surface area is 213 Å². The molecule has 7 nitrogen and oxygen atoms in total. The van der Waals surface area contributed by atoms with Crippen LogP contribution in [0.2, 0.25) is 0 Å². The van der Waals surface area contributed by atoms with E-state index in [4.69, 9.17) is 4.52 Å². The van der Waals surface area contributed by atoms with Crippen molar-refractivity contribution in [3.05, 3.63) is 71.6 Å². The maximum atomic E-state index is 13.2. The van der Waals surface area contributed by atoms with Gasteiger partial charge in [-0.1, -0.05) is 68.4 Å². The zero-order valence-electron chi connectivity index (χ0n) is 21.5. The molecule has 0 spiro atoms. The van der Waals surface area contributed by atoms with E-state index >= 15 is 0 Å². The van der Waals surface area contributed by atoms with Crippen molar-refractivity contribution in [2.75, 3.05) is 19.6 Å². The van der Waals surface area contributed by atoms with Gasteiger partial charge in [0.1, 0.15) is 0 Å². The molecular formula is C29H36N4O3. The molecule has 3 aromatic rings. The first-order valence-corrected chi connectivity index (χ1v) is 13.0. The molecule has 1 aliphatic rings. The van der Waals surface area contributed by atoms with Crippen LogP contribution in [0, 0.1) is 0 Å². The van der Waals surface area contributed by atoms with Gasteiger partial charge in [0.15, 0.2) is 0 Å². The third-order valence-corrected chi connectivity index (χ3v) is 6.85. The van der Waals surface area contributed by atoms with Crippen LogP contribution in [0.3, 0.4) is 0 Å². The average molecular weight is 489 g/mol. The molecule has 0 bridgehead atoms. The van der Waals surface area contributed by atoms with Gasteiger partial charge in [0, 0.05) is 49.6 Å². The van der Waals surface area contributed by atoms with Crippen LogP contribution in [-0.4, -0.2) is 57.4 Å².